The number of carbonyl (C=O) groups is 2. The molecule has 31 heavy (non-hydrogen) atoms. The van der Waals surface area contributed by atoms with E-state index in [4.69, 9.17) is 4.98 Å². The van der Waals surface area contributed by atoms with Gasteiger partial charge >= 0.3 is 0 Å². The van der Waals surface area contributed by atoms with Gasteiger partial charge in [-0.05, 0) is 55.3 Å². The van der Waals surface area contributed by atoms with Gasteiger partial charge in [0.2, 0.25) is 5.91 Å². The first kappa shape index (κ1) is 20.5. The van der Waals surface area contributed by atoms with Crippen molar-refractivity contribution in [1.29, 1.82) is 0 Å². The number of hydrogen-bond donors (Lipinski definition) is 1. The van der Waals surface area contributed by atoms with E-state index in [9.17, 15) is 9.59 Å². The van der Waals surface area contributed by atoms with Crippen molar-refractivity contribution in [2.24, 2.45) is 0 Å². The van der Waals surface area contributed by atoms with E-state index >= 15 is 0 Å². The number of amides is 1. The minimum Gasteiger partial charge on any atom is -0.326 e. The number of benzene rings is 2. The number of rotatable bonds is 8. The Morgan fingerprint density at radius 2 is 1.74 bits per heavy atom. The fraction of sp³-hybridized carbons (Fsp3) is 0.200. The van der Waals surface area contributed by atoms with Gasteiger partial charge in [0.1, 0.15) is 11.3 Å². The highest BCUT2D eigenvalue weighted by Gasteiger charge is 2.13. The van der Waals surface area contributed by atoms with Gasteiger partial charge in [0.05, 0.1) is 6.54 Å². The molecule has 6 nitrogen and oxygen atoms in total. The van der Waals surface area contributed by atoms with Crippen LogP contribution in [0.15, 0.2) is 72.9 Å². The lowest BCUT2D eigenvalue weighted by molar-refractivity contribution is -0.116. The summed E-state index contributed by atoms with van der Waals surface area (Å²) in [5.74, 6) is 0.876. The molecule has 2 aromatic carbocycles. The Morgan fingerprint density at radius 1 is 0.968 bits per heavy atom. The second kappa shape index (κ2) is 9.34. The highest BCUT2D eigenvalue weighted by atomic mass is 16.1. The molecule has 4 rings (SSSR count). The van der Waals surface area contributed by atoms with Gasteiger partial charge < -0.3 is 9.88 Å². The summed E-state index contributed by atoms with van der Waals surface area (Å²) in [6, 6.07) is 21.0. The van der Waals surface area contributed by atoms with Crippen LogP contribution in [0.2, 0.25) is 0 Å². The standard InChI is InChI=1S/C25H24N4O2/c1-18(30)20-12-14-21(15-13-20)27-24(31)11-5-10-23-28-22-9-6-16-26-25(22)29(23)17-19-7-3-2-4-8-19/h2-4,6-9,12-16H,5,10-11,17H2,1H3,(H,27,31). The van der Waals surface area contributed by atoms with E-state index < -0.39 is 0 Å². The second-order valence-corrected chi connectivity index (χ2v) is 7.48. The maximum Gasteiger partial charge on any atom is 0.224 e. The number of ketones is 1. The molecule has 0 spiro atoms. The molecule has 0 unspecified atom stereocenters. The number of fused-ring (bicyclic) bond motifs is 1. The molecule has 1 N–H and O–H groups in total. The molecule has 0 radical (unpaired) electrons. The van der Waals surface area contributed by atoms with Crippen LogP contribution in [0.3, 0.4) is 0 Å². The Kier molecular flexibility index (Phi) is 6.17. The summed E-state index contributed by atoms with van der Waals surface area (Å²) < 4.78 is 2.13. The number of carbonyl (C=O) groups excluding carboxylic acids is 2. The van der Waals surface area contributed by atoms with E-state index in [0.29, 0.717) is 37.1 Å². The number of aromatic nitrogens is 3. The Balaban J connectivity index is 1.41. The van der Waals surface area contributed by atoms with E-state index in [1.165, 1.54) is 12.5 Å². The monoisotopic (exact) mass is 412 g/mol. The highest BCUT2D eigenvalue weighted by Crippen LogP contribution is 2.18. The van der Waals surface area contributed by atoms with Crippen molar-refractivity contribution in [1.82, 2.24) is 14.5 Å². The molecular formula is C25H24N4O2. The molecule has 0 aliphatic carbocycles. The number of nitrogens with zero attached hydrogens (tertiary/aromatic N) is 3. The molecule has 2 aromatic heterocycles. The number of imidazole rings is 1. The van der Waals surface area contributed by atoms with Gasteiger partial charge in [0.25, 0.3) is 0 Å². The first-order chi connectivity index (χ1) is 15.1. The van der Waals surface area contributed by atoms with Crippen LogP contribution in [0.25, 0.3) is 11.2 Å². The van der Waals surface area contributed by atoms with Crippen molar-refractivity contribution in [3.63, 3.8) is 0 Å². The summed E-state index contributed by atoms with van der Waals surface area (Å²) in [5.41, 5.74) is 4.22. The van der Waals surface area contributed by atoms with E-state index in [2.05, 4.69) is 27.0 Å². The maximum atomic E-state index is 12.4. The maximum absolute atomic E-state index is 12.4. The second-order valence-electron chi connectivity index (χ2n) is 7.48. The van der Waals surface area contributed by atoms with Crippen molar-refractivity contribution in [2.75, 3.05) is 5.32 Å². The van der Waals surface area contributed by atoms with Gasteiger partial charge in [-0.15, -0.1) is 0 Å². The molecule has 0 bridgehead atoms. The fourth-order valence-electron chi connectivity index (χ4n) is 3.55. The molecule has 0 atom stereocenters. The van der Waals surface area contributed by atoms with Crippen LogP contribution < -0.4 is 5.32 Å². The van der Waals surface area contributed by atoms with E-state index in [1.807, 2.05) is 30.3 Å². The van der Waals surface area contributed by atoms with Crippen molar-refractivity contribution >= 4 is 28.5 Å². The lowest BCUT2D eigenvalue weighted by Gasteiger charge is -2.09. The van der Waals surface area contributed by atoms with Crippen LogP contribution in [-0.4, -0.2) is 26.2 Å². The normalized spacial score (nSPS) is 10.9. The zero-order valence-corrected chi connectivity index (χ0v) is 17.4. The Labute approximate surface area is 181 Å². The number of pyridine rings is 1. The lowest BCUT2D eigenvalue weighted by atomic mass is 10.1. The predicted molar refractivity (Wildman–Crippen MR) is 121 cm³/mol. The lowest BCUT2D eigenvalue weighted by Crippen LogP contribution is -2.12. The SMILES string of the molecule is CC(=O)c1ccc(NC(=O)CCCc2nc3cccnc3n2Cc2ccccc2)cc1. The molecule has 0 aliphatic rings. The van der Waals surface area contributed by atoms with Crippen molar-refractivity contribution in [3.05, 3.63) is 89.9 Å². The largest absolute Gasteiger partial charge is 0.326 e. The Hall–Kier alpha value is -3.80. The number of aryl methyl sites for hydroxylation is 1. The smallest absolute Gasteiger partial charge is 0.224 e. The average molecular weight is 412 g/mol. The molecule has 0 saturated carbocycles. The molecule has 1 amide bonds. The van der Waals surface area contributed by atoms with Crippen LogP contribution in [0.4, 0.5) is 5.69 Å². The van der Waals surface area contributed by atoms with Gasteiger partial charge in [0.15, 0.2) is 11.4 Å². The van der Waals surface area contributed by atoms with Crippen molar-refractivity contribution in [2.45, 2.75) is 32.7 Å². The van der Waals surface area contributed by atoms with Crippen LogP contribution in [0.1, 0.15) is 41.5 Å². The molecule has 0 aliphatic heterocycles. The number of nitrogens with one attached hydrogen (secondary N) is 1. The topological polar surface area (TPSA) is 76.9 Å². The average Bonchev–Trinajstić information content (AvgIpc) is 3.12. The highest BCUT2D eigenvalue weighted by molar-refractivity contribution is 5.95. The first-order valence-corrected chi connectivity index (χ1v) is 10.3. The van der Waals surface area contributed by atoms with E-state index in [-0.39, 0.29) is 11.7 Å². The fourth-order valence-corrected chi connectivity index (χ4v) is 3.55. The third-order valence-electron chi connectivity index (χ3n) is 5.15. The molecule has 6 heteroatoms. The number of Topliss-reactive ketones (excluding diaryl/α,β-unsaturated/α-hetero) is 1. The van der Waals surface area contributed by atoms with Crippen LogP contribution in [-0.2, 0) is 17.8 Å². The molecular weight excluding hydrogens is 388 g/mol. The van der Waals surface area contributed by atoms with Gasteiger partial charge in [-0.2, -0.15) is 0 Å². The predicted octanol–water partition coefficient (Wildman–Crippen LogP) is 4.64. The van der Waals surface area contributed by atoms with Crippen molar-refractivity contribution < 1.29 is 9.59 Å². The molecule has 0 saturated heterocycles. The molecule has 0 fully saturated rings. The summed E-state index contributed by atoms with van der Waals surface area (Å²) in [4.78, 5) is 33.0. The number of anilines is 1. The van der Waals surface area contributed by atoms with E-state index in [0.717, 1.165) is 17.0 Å². The quantitative estimate of drug-likeness (QED) is 0.428. The van der Waals surface area contributed by atoms with Gasteiger partial charge in [0, 0.05) is 30.3 Å². The van der Waals surface area contributed by atoms with Gasteiger partial charge in [-0.3, -0.25) is 9.59 Å². The Morgan fingerprint density at radius 3 is 2.48 bits per heavy atom. The van der Waals surface area contributed by atoms with Crippen LogP contribution in [0.5, 0.6) is 0 Å². The minimum atomic E-state index is -0.0561. The summed E-state index contributed by atoms with van der Waals surface area (Å²) in [6.07, 6.45) is 3.52. The van der Waals surface area contributed by atoms with Crippen molar-refractivity contribution in [3.8, 4) is 0 Å². The number of hydrogen-bond acceptors (Lipinski definition) is 4. The zero-order chi connectivity index (χ0) is 21.6. The Bertz CT molecular complexity index is 1200. The van der Waals surface area contributed by atoms with Gasteiger partial charge in [-0.25, -0.2) is 9.97 Å². The van der Waals surface area contributed by atoms with Crippen LogP contribution >= 0.6 is 0 Å². The summed E-state index contributed by atoms with van der Waals surface area (Å²) >= 11 is 0. The summed E-state index contributed by atoms with van der Waals surface area (Å²) in [5, 5.41) is 2.89. The minimum absolute atomic E-state index is 0.00533. The molecule has 4 aromatic rings. The summed E-state index contributed by atoms with van der Waals surface area (Å²) in [6.45, 7) is 2.21. The van der Waals surface area contributed by atoms with Gasteiger partial charge in [-0.1, -0.05) is 30.3 Å². The zero-order valence-electron chi connectivity index (χ0n) is 17.4. The molecule has 156 valence electrons. The third kappa shape index (κ3) is 5.04. The third-order valence-corrected chi connectivity index (χ3v) is 5.15. The molecule has 2 heterocycles. The first-order valence-electron chi connectivity index (χ1n) is 10.3. The summed E-state index contributed by atoms with van der Waals surface area (Å²) in [7, 11) is 0. The van der Waals surface area contributed by atoms with Crippen LogP contribution in [0, 0.1) is 0 Å². The van der Waals surface area contributed by atoms with E-state index in [1.54, 1.807) is 30.5 Å².